The molecule has 25 heavy (non-hydrogen) atoms. The van der Waals surface area contributed by atoms with Crippen molar-refractivity contribution in [2.24, 2.45) is 0 Å². The second kappa shape index (κ2) is 7.90. The number of amides is 2. The molecule has 0 saturated carbocycles. The molecular weight excluding hydrogens is 323 g/mol. The van der Waals surface area contributed by atoms with Gasteiger partial charge in [0.2, 0.25) is 5.91 Å². The number of hydrogen-bond donors (Lipinski definition) is 3. The van der Waals surface area contributed by atoms with E-state index in [1.807, 2.05) is 0 Å². The van der Waals surface area contributed by atoms with E-state index >= 15 is 0 Å². The highest BCUT2D eigenvalue weighted by Crippen LogP contribution is 2.14. The van der Waals surface area contributed by atoms with Crippen LogP contribution < -0.4 is 10.6 Å². The van der Waals surface area contributed by atoms with Gasteiger partial charge >= 0.3 is 0 Å². The molecule has 0 unspecified atom stereocenters. The minimum Gasteiger partial charge on any atom is -0.394 e. The number of benzene rings is 2. The third-order valence-electron chi connectivity index (χ3n) is 3.57. The van der Waals surface area contributed by atoms with Crippen LogP contribution in [0.15, 0.2) is 48.5 Å². The van der Waals surface area contributed by atoms with Gasteiger partial charge in [0.15, 0.2) is 0 Å². The van der Waals surface area contributed by atoms with Crippen molar-refractivity contribution in [1.29, 1.82) is 0 Å². The Labute approximate surface area is 145 Å². The van der Waals surface area contributed by atoms with Gasteiger partial charge in [-0.3, -0.25) is 9.59 Å². The SMILES string of the molecule is CC(C)(CO)NC(=O)Cc1ccc(NC(=O)c2ccccc2F)cc1. The molecule has 0 atom stereocenters. The lowest BCUT2D eigenvalue weighted by atomic mass is 10.1. The molecular formula is C19H21FN2O3. The molecule has 2 amide bonds. The number of hydrogen-bond acceptors (Lipinski definition) is 3. The first-order valence-electron chi connectivity index (χ1n) is 7.87. The Morgan fingerprint density at radius 1 is 1.08 bits per heavy atom. The lowest BCUT2D eigenvalue weighted by molar-refractivity contribution is -0.122. The minimum absolute atomic E-state index is 0.0304. The summed E-state index contributed by atoms with van der Waals surface area (Å²) in [5.74, 6) is -1.32. The Balaban J connectivity index is 1.97. The Bertz CT molecular complexity index is 758. The van der Waals surface area contributed by atoms with E-state index in [-0.39, 0.29) is 24.5 Å². The zero-order chi connectivity index (χ0) is 18.4. The summed E-state index contributed by atoms with van der Waals surface area (Å²) in [6.45, 7) is 3.30. The Kier molecular flexibility index (Phi) is 5.88. The van der Waals surface area contributed by atoms with Gasteiger partial charge in [-0.15, -0.1) is 0 Å². The van der Waals surface area contributed by atoms with Gasteiger partial charge in [-0.25, -0.2) is 4.39 Å². The molecule has 0 aliphatic rings. The maximum absolute atomic E-state index is 13.6. The summed E-state index contributed by atoms with van der Waals surface area (Å²) in [6.07, 6.45) is 0.158. The summed E-state index contributed by atoms with van der Waals surface area (Å²) in [6, 6.07) is 12.5. The van der Waals surface area contributed by atoms with E-state index in [0.29, 0.717) is 5.69 Å². The van der Waals surface area contributed by atoms with Crippen molar-refractivity contribution in [3.63, 3.8) is 0 Å². The zero-order valence-corrected chi connectivity index (χ0v) is 14.2. The van der Waals surface area contributed by atoms with Gasteiger partial charge in [0.05, 0.1) is 24.1 Å². The van der Waals surface area contributed by atoms with E-state index < -0.39 is 17.3 Å². The van der Waals surface area contributed by atoms with Crippen molar-refractivity contribution in [3.05, 3.63) is 65.5 Å². The van der Waals surface area contributed by atoms with Gasteiger partial charge < -0.3 is 15.7 Å². The van der Waals surface area contributed by atoms with Gasteiger partial charge in [0.25, 0.3) is 5.91 Å². The number of rotatable bonds is 6. The Morgan fingerprint density at radius 2 is 1.72 bits per heavy atom. The first-order valence-corrected chi connectivity index (χ1v) is 7.87. The molecule has 0 aliphatic carbocycles. The second-order valence-corrected chi connectivity index (χ2v) is 6.40. The van der Waals surface area contributed by atoms with Crippen molar-refractivity contribution in [1.82, 2.24) is 5.32 Å². The van der Waals surface area contributed by atoms with E-state index in [1.54, 1.807) is 44.2 Å². The zero-order valence-electron chi connectivity index (χ0n) is 14.2. The fraction of sp³-hybridized carbons (Fsp3) is 0.263. The van der Waals surface area contributed by atoms with E-state index in [1.165, 1.54) is 18.2 Å². The van der Waals surface area contributed by atoms with E-state index in [0.717, 1.165) is 5.56 Å². The van der Waals surface area contributed by atoms with Gasteiger partial charge in [0.1, 0.15) is 5.82 Å². The molecule has 0 bridgehead atoms. The minimum atomic E-state index is -0.676. The maximum atomic E-state index is 13.6. The van der Waals surface area contributed by atoms with Gasteiger partial charge in [-0.1, -0.05) is 24.3 Å². The summed E-state index contributed by atoms with van der Waals surface area (Å²) >= 11 is 0. The normalized spacial score (nSPS) is 11.0. The average Bonchev–Trinajstić information content (AvgIpc) is 2.56. The van der Waals surface area contributed by atoms with Crippen LogP contribution in [-0.2, 0) is 11.2 Å². The lowest BCUT2D eigenvalue weighted by Crippen LogP contribution is -2.46. The van der Waals surface area contributed by atoms with E-state index in [4.69, 9.17) is 5.11 Å². The summed E-state index contributed by atoms with van der Waals surface area (Å²) in [5, 5.41) is 14.5. The molecule has 0 radical (unpaired) electrons. The lowest BCUT2D eigenvalue weighted by Gasteiger charge is -2.23. The predicted molar refractivity (Wildman–Crippen MR) is 93.8 cm³/mol. The van der Waals surface area contributed by atoms with Crippen molar-refractivity contribution in [3.8, 4) is 0 Å². The fourth-order valence-corrected chi connectivity index (χ4v) is 2.20. The largest absolute Gasteiger partial charge is 0.394 e. The van der Waals surface area contributed by atoms with Crippen molar-refractivity contribution >= 4 is 17.5 Å². The van der Waals surface area contributed by atoms with E-state index in [9.17, 15) is 14.0 Å². The molecule has 0 spiro atoms. The standard InChI is InChI=1S/C19H21FN2O3/c1-19(2,12-23)22-17(24)11-13-7-9-14(10-8-13)21-18(25)15-5-3-4-6-16(15)20/h3-10,23H,11-12H2,1-2H3,(H,21,25)(H,22,24). The molecule has 2 rings (SSSR count). The average molecular weight is 344 g/mol. The van der Waals surface area contributed by atoms with Crippen LogP contribution in [0.4, 0.5) is 10.1 Å². The summed E-state index contributed by atoms with van der Waals surface area (Å²) < 4.78 is 13.6. The van der Waals surface area contributed by atoms with Crippen molar-refractivity contribution in [2.75, 3.05) is 11.9 Å². The monoisotopic (exact) mass is 344 g/mol. The fourth-order valence-electron chi connectivity index (χ4n) is 2.20. The summed E-state index contributed by atoms with van der Waals surface area (Å²) in [4.78, 5) is 24.0. The van der Waals surface area contributed by atoms with Crippen LogP contribution >= 0.6 is 0 Å². The molecule has 3 N–H and O–H groups in total. The highest BCUT2D eigenvalue weighted by Gasteiger charge is 2.19. The van der Waals surface area contributed by atoms with Gasteiger partial charge in [-0.2, -0.15) is 0 Å². The van der Waals surface area contributed by atoms with Crippen LogP contribution in [0.2, 0.25) is 0 Å². The number of carbonyl (C=O) groups is 2. The molecule has 132 valence electrons. The number of halogens is 1. The molecule has 2 aromatic rings. The number of carbonyl (C=O) groups excluding carboxylic acids is 2. The molecule has 0 fully saturated rings. The van der Waals surface area contributed by atoms with Crippen LogP contribution in [0.25, 0.3) is 0 Å². The first-order chi connectivity index (χ1) is 11.8. The Hall–Kier alpha value is -2.73. The molecule has 0 saturated heterocycles. The predicted octanol–water partition coefficient (Wildman–Crippen LogP) is 2.51. The third kappa shape index (κ3) is 5.39. The third-order valence-corrected chi connectivity index (χ3v) is 3.57. The van der Waals surface area contributed by atoms with Crippen LogP contribution in [-0.4, -0.2) is 29.1 Å². The Morgan fingerprint density at radius 3 is 2.32 bits per heavy atom. The van der Waals surface area contributed by atoms with Crippen LogP contribution in [0.5, 0.6) is 0 Å². The molecule has 5 nitrogen and oxygen atoms in total. The molecule has 0 aromatic heterocycles. The van der Waals surface area contributed by atoms with Crippen LogP contribution in [0.3, 0.4) is 0 Å². The maximum Gasteiger partial charge on any atom is 0.258 e. The van der Waals surface area contributed by atoms with Crippen LogP contribution in [0.1, 0.15) is 29.8 Å². The van der Waals surface area contributed by atoms with Gasteiger partial charge in [-0.05, 0) is 43.7 Å². The highest BCUT2D eigenvalue weighted by molar-refractivity contribution is 6.04. The van der Waals surface area contributed by atoms with Gasteiger partial charge in [0, 0.05) is 5.69 Å². The van der Waals surface area contributed by atoms with E-state index in [2.05, 4.69) is 10.6 Å². The molecule has 2 aromatic carbocycles. The number of aliphatic hydroxyl groups is 1. The molecule has 0 aliphatic heterocycles. The van der Waals surface area contributed by atoms with Crippen LogP contribution in [0, 0.1) is 5.82 Å². The summed E-state index contributed by atoms with van der Waals surface area (Å²) in [5.41, 5.74) is 0.561. The molecule has 0 heterocycles. The summed E-state index contributed by atoms with van der Waals surface area (Å²) in [7, 11) is 0. The van der Waals surface area contributed by atoms with Crippen molar-refractivity contribution in [2.45, 2.75) is 25.8 Å². The number of anilines is 1. The smallest absolute Gasteiger partial charge is 0.258 e. The second-order valence-electron chi connectivity index (χ2n) is 6.40. The molecule has 6 heteroatoms. The number of aliphatic hydroxyl groups excluding tert-OH is 1. The topological polar surface area (TPSA) is 78.4 Å². The first kappa shape index (κ1) is 18.6. The van der Waals surface area contributed by atoms with Crippen molar-refractivity contribution < 1.29 is 19.1 Å². The quantitative estimate of drug-likeness (QED) is 0.753. The highest BCUT2D eigenvalue weighted by atomic mass is 19.1. The number of nitrogens with one attached hydrogen (secondary N) is 2.